The van der Waals surface area contributed by atoms with Crippen LogP contribution in [0.3, 0.4) is 0 Å². The highest BCUT2D eigenvalue weighted by atomic mass is 16.1. The summed E-state index contributed by atoms with van der Waals surface area (Å²) in [5.74, 6) is 6.52. The maximum absolute atomic E-state index is 10.4. The molecule has 0 atom stereocenters. The summed E-state index contributed by atoms with van der Waals surface area (Å²) in [5, 5.41) is 0. The number of unbranched alkanes of at least 4 members (excludes halogenated alkanes) is 8. The molecule has 0 fully saturated rings. The van der Waals surface area contributed by atoms with Crippen molar-refractivity contribution < 1.29 is 4.79 Å². The van der Waals surface area contributed by atoms with E-state index in [-0.39, 0.29) is 0 Å². The van der Waals surface area contributed by atoms with Crippen LogP contribution in [0.15, 0.2) is 24.3 Å². The molecule has 0 amide bonds. The highest BCUT2D eigenvalue weighted by Gasteiger charge is 1.94. The van der Waals surface area contributed by atoms with Crippen LogP contribution in [-0.2, 0) is 11.2 Å². The molecule has 120 valence electrons. The number of carbonyl (C=O) groups excluding carboxylic acids is 1. The van der Waals surface area contributed by atoms with Crippen molar-refractivity contribution >= 4 is 6.29 Å². The van der Waals surface area contributed by atoms with Crippen LogP contribution in [0.2, 0.25) is 0 Å². The minimum atomic E-state index is 0.592. The molecule has 0 N–H and O–H groups in total. The average Bonchev–Trinajstić information content (AvgIpc) is 2.55. The van der Waals surface area contributed by atoms with Gasteiger partial charge in [-0.1, -0.05) is 75.8 Å². The fourth-order valence-electron chi connectivity index (χ4n) is 2.54. The summed E-state index contributed by atoms with van der Waals surface area (Å²) in [6.07, 6.45) is 14.1. The average molecular weight is 298 g/mol. The van der Waals surface area contributed by atoms with Crippen molar-refractivity contribution in [2.45, 2.75) is 77.6 Å². The highest BCUT2D eigenvalue weighted by molar-refractivity contribution is 5.50. The van der Waals surface area contributed by atoms with Gasteiger partial charge in [-0.25, -0.2) is 0 Å². The second-order valence-electron chi connectivity index (χ2n) is 5.93. The number of carbonyl (C=O) groups is 1. The zero-order valence-electron chi connectivity index (χ0n) is 14.1. The number of benzene rings is 1. The Morgan fingerprint density at radius 1 is 1.00 bits per heavy atom. The van der Waals surface area contributed by atoms with Crippen LogP contribution in [0.1, 0.15) is 82.3 Å². The molecule has 0 aliphatic carbocycles. The molecule has 0 heterocycles. The third-order valence-corrected chi connectivity index (χ3v) is 3.87. The summed E-state index contributed by atoms with van der Waals surface area (Å²) in [5.41, 5.74) is 2.27. The van der Waals surface area contributed by atoms with Crippen LogP contribution in [0.25, 0.3) is 0 Å². The Labute approximate surface area is 136 Å². The third kappa shape index (κ3) is 9.40. The predicted molar refractivity (Wildman–Crippen MR) is 94.9 cm³/mol. The topological polar surface area (TPSA) is 17.1 Å². The van der Waals surface area contributed by atoms with E-state index in [1.165, 1.54) is 56.9 Å². The normalized spacial score (nSPS) is 10.0. The molecule has 1 rings (SSSR count). The maximum Gasteiger partial charge on any atom is 0.120 e. The fourth-order valence-corrected chi connectivity index (χ4v) is 2.54. The monoisotopic (exact) mass is 298 g/mol. The van der Waals surface area contributed by atoms with Gasteiger partial charge in [0.2, 0.25) is 0 Å². The molecule has 0 radical (unpaired) electrons. The summed E-state index contributed by atoms with van der Waals surface area (Å²) in [6, 6.07) is 8.24. The van der Waals surface area contributed by atoms with Crippen molar-refractivity contribution in [2.24, 2.45) is 0 Å². The lowest BCUT2D eigenvalue weighted by Gasteiger charge is -1.99. The Hall–Kier alpha value is -1.55. The van der Waals surface area contributed by atoms with E-state index in [0.717, 1.165) is 24.7 Å². The van der Waals surface area contributed by atoms with Crippen molar-refractivity contribution in [1.82, 2.24) is 0 Å². The van der Waals surface area contributed by atoms with Gasteiger partial charge in [-0.15, -0.1) is 0 Å². The van der Waals surface area contributed by atoms with Crippen LogP contribution >= 0.6 is 0 Å². The quantitative estimate of drug-likeness (QED) is 0.291. The molecular weight excluding hydrogens is 268 g/mol. The van der Waals surface area contributed by atoms with Gasteiger partial charge in [0.1, 0.15) is 6.29 Å². The number of aldehydes is 1. The molecule has 0 saturated heterocycles. The fraction of sp³-hybridized carbons (Fsp3) is 0.571. The lowest BCUT2D eigenvalue weighted by atomic mass is 10.1. The predicted octanol–water partition coefficient (Wildman–Crippen LogP) is 5.70. The van der Waals surface area contributed by atoms with Crippen LogP contribution in [-0.4, -0.2) is 6.29 Å². The van der Waals surface area contributed by atoms with Crippen molar-refractivity contribution in [3.63, 3.8) is 0 Å². The van der Waals surface area contributed by atoms with Crippen molar-refractivity contribution in [1.29, 1.82) is 0 Å². The van der Waals surface area contributed by atoms with Crippen LogP contribution in [0.4, 0.5) is 0 Å². The minimum absolute atomic E-state index is 0.592. The molecule has 0 aliphatic rings. The van der Waals surface area contributed by atoms with Gasteiger partial charge in [-0.3, -0.25) is 0 Å². The van der Waals surface area contributed by atoms with Crippen molar-refractivity contribution in [3.05, 3.63) is 35.4 Å². The molecule has 1 aromatic carbocycles. The molecule has 1 nitrogen and oxygen atoms in total. The number of hydrogen-bond acceptors (Lipinski definition) is 1. The lowest BCUT2D eigenvalue weighted by molar-refractivity contribution is -0.107. The van der Waals surface area contributed by atoms with E-state index in [1.807, 2.05) is 12.1 Å². The second kappa shape index (κ2) is 13.1. The highest BCUT2D eigenvalue weighted by Crippen LogP contribution is 2.09. The van der Waals surface area contributed by atoms with Crippen LogP contribution < -0.4 is 0 Å². The van der Waals surface area contributed by atoms with E-state index in [0.29, 0.717) is 6.42 Å². The van der Waals surface area contributed by atoms with E-state index in [4.69, 9.17) is 0 Å². The summed E-state index contributed by atoms with van der Waals surface area (Å²) in [6.45, 7) is 2.26. The van der Waals surface area contributed by atoms with Gasteiger partial charge in [0.15, 0.2) is 0 Å². The zero-order chi connectivity index (χ0) is 15.9. The van der Waals surface area contributed by atoms with Crippen molar-refractivity contribution in [3.8, 4) is 11.8 Å². The first-order valence-corrected chi connectivity index (χ1v) is 8.88. The maximum atomic E-state index is 10.4. The largest absolute Gasteiger partial charge is 0.303 e. The molecule has 0 saturated carbocycles. The van der Waals surface area contributed by atoms with E-state index < -0.39 is 0 Å². The first-order valence-electron chi connectivity index (χ1n) is 8.88. The first-order chi connectivity index (χ1) is 10.9. The van der Waals surface area contributed by atoms with Gasteiger partial charge in [0, 0.05) is 18.4 Å². The third-order valence-electron chi connectivity index (χ3n) is 3.87. The Balaban J connectivity index is 2.14. The molecule has 22 heavy (non-hydrogen) atoms. The van der Waals surface area contributed by atoms with Gasteiger partial charge < -0.3 is 4.79 Å². The molecule has 0 aromatic heterocycles. The zero-order valence-corrected chi connectivity index (χ0v) is 14.1. The number of rotatable bonds is 11. The molecule has 0 aliphatic heterocycles. The molecular formula is C21H30O. The standard InChI is InChI=1S/C21H30O/c1-2-3-4-5-6-7-8-9-10-11-14-20-15-12-16-21(19-20)17-13-18-22/h12,15-16,18-19H,2-10,13,17H2,1H3. The summed E-state index contributed by atoms with van der Waals surface area (Å²) < 4.78 is 0. The Morgan fingerprint density at radius 3 is 2.45 bits per heavy atom. The van der Waals surface area contributed by atoms with Crippen molar-refractivity contribution in [2.75, 3.05) is 0 Å². The van der Waals surface area contributed by atoms with E-state index in [9.17, 15) is 4.79 Å². The SMILES string of the molecule is CCCCCCCCCCC#Cc1cccc(CCC=O)c1. The Morgan fingerprint density at radius 2 is 1.73 bits per heavy atom. The Kier molecular flexibility index (Phi) is 11.0. The molecule has 0 bridgehead atoms. The van der Waals surface area contributed by atoms with E-state index in [1.54, 1.807) is 0 Å². The molecule has 1 aromatic rings. The van der Waals surface area contributed by atoms with Gasteiger partial charge in [0.05, 0.1) is 0 Å². The second-order valence-corrected chi connectivity index (χ2v) is 5.93. The summed E-state index contributed by atoms with van der Waals surface area (Å²) in [4.78, 5) is 10.4. The van der Waals surface area contributed by atoms with E-state index in [2.05, 4.69) is 30.9 Å². The van der Waals surface area contributed by atoms with Gasteiger partial charge in [-0.05, 0) is 30.5 Å². The van der Waals surface area contributed by atoms with Gasteiger partial charge in [0.25, 0.3) is 0 Å². The minimum Gasteiger partial charge on any atom is -0.303 e. The molecule has 1 heteroatoms. The first kappa shape index (κ1) is 18.5. The summed E-state index contributed by atoms with van der Waals surface area (Å²) >= 11 is 0. The van der Waals surface area contributed by atoms with Crippen LogP contribution in [0, 0.1) is 11.8 Å². The van der Waals surface area contributed by atoms with Crippen LogP contribution in [0.5, 0.6) is 0 Å². The number of hydrogen-bond donors (Lipinski definition) is 0. The molecule has 0 spiro atoms. The van der Waals surface area contributed by atoms with E-state index >= 15 is 0 Å². The van der Waals surface area contributed by atoms with Gasteiger partial charge >= 0.3 is 0 Å². The molecule has 0 unspecified atom stereocenters. The smallest absolute Gasteiger partial charge is 0.120 e. The summed E-state index contributed by atoms with van der Waals surface area (Å²) in [7, 11) is 0. The Bertz CT molecular complexity index is 464. The number of aryl methyl sites for hydroxylation is 1. The van der Waals surface area contributed by atoms with Gasteiger partial charge in [-0.2, -0.15) is 0 Å². The lowest BCUT2D eigenvalue weighted by Crippen LogP contribution is -1.87.